The zero-order chi connectivity index (χ0) is 19.8. The molecule has 3 aromatic heterocycles. The third-order valence-corrected chi connectivity index (χ3v) is 5.49. The van der Waals surface area contributed by atoms with Gasteiger partial charge in [0.1, 0.15) is 12.1 Å². The maximum atomic E-state index is 6.12. The Labute approximate surface area is 175 Å². The molecule has 3 heterocycles. The predicted molar refractivity (Wildman–Crippen MR) is 117 cm³/mol. The van der Waals surface area contributed by atoms with E-state index in [0.29, 0.717) is 16.5 Å². The van der Waals surface area contributed by atoms with Crippen LogP contribution in [0.25, 0.3) is 28.0 Å². The number of anilines is 2. The first-order chi connectivity index (χ1) is 14.2. The van der Waals surface area contributed by atoms with Crippen LogP contribution in [-0.4, -0.2) is 24.7 Å². The number of hydrogen-bond acceptors (Lipinski definition) is 6. The van der Waals surface area contributed by atoms with Crippen molar-refractivity contribution in [3.05, 3.63) is 76.5 Å². The highest BCUT2D eigenvalue weighted by molar-refractivity contribution is 7.09. The number of hydrogen-bond donors (Lipinski definition) is 1. The zero-order valence-electron chi connectivity index (χ0n) is 15.4. The van der Waals surface area contributed by atoms with Crippen molar-refractivity contribution < 1.29 is 0 Å². The number of benzene rings is 2. The molecule has 0 atom stereocenters. The minimum atomic E-state index is 0.647. The highest BCUT2D eigenvalue weighted by atomic mass is 35.5. The summed E-state index contributed by atoms with van der Waals surface area (Å²) in [6.45, 7) is 2.01. The molecule has 2 aromatic carbocycles. The van der Waals surface area contributed by atoms with E-state index < -0.39 is 0 Å². The van der Waals surface area contributed by atoms with Crippen LogP contribution in [0.2, 0.25) is 5.02 Å². The summed E-state index contributed by atoms with van der Waals surface area (Å²) in [6.07, 6.45) is 3.28. The summed E-state index contributed by atoms with van der Waals surface area (Å²) in [5.74, 6) is 0.695. The normalized spacial score (nSPS) is 11.1. The largest absolute Gasteiger partial charge is 0.340 e. The van der Waals surface area contributed by atoms with Crippen molar-refractivity contribution in [2.75, 3.05) is 5.32 Å². The Balaban J connectivity index is 1.47. The Morgan fingerprint density at radius 3 is 2.69 bits per heavy atom. The lowest BCUT2D eigenvalue weighted by Gasteiger charge is -2.08. The fraction of sp³-hybridized carbons (Fsp3) is 0.0476. The van der Waals surface area contributed by atoms with Gasteiger partial charge in [-0.15, -0.1) is 11.3 Å². The average Bonchev–Trinajstić information content (AvgIpc) is 3.36. The van der Waals surface area contributed by atoms with Gasteiger partial charge < -0.3 is 5.32 Å². The molecule has 0 aliphatic rings. The van der Waals surface area contributed by atoms with Gasteiger partial charge in [0, 0.05) is 21.7 Å². The lowest BCUT2D eigenvalue weighted by atomic mass is 10.1. The second-order valence-corrected chi connectivity index (χ2v) is 7.95. The van der Waals surface area contributed by atoms with Crippen LogP contribution < -0.4 is 5.32 Å². The van der Waals surface area contributed by atoms with Gasteiger partial charge >= 0.3 is 0 Å². The molecular weight excluding hydrogens is 404 g/mol. The molecule has 0 aliphatic carbocycles. The fourth-order valence-corrected chi connectivity index (χ4v) is 3.90. The van der Waals surface area contributed by atoms with E-state index in [-0.39, 0.29) is 0 Å². The SMILES string of the molecule is Cc1nc(-c2ccc(Nc3ncnc4c3cnn4-c3cccc(Cl)c3)cc2)cs1. The van der Waals surface area contributed by atoms with Gasteiger partial charge in [0.25, 0.3) is 0 Å². The number of thiazole rings is 1. The zero-order valence-corrected chi connectivity index (χ0v) is 16.9. The molecule has 8 heteroatoms. The van der Waals surface area contributed by atoms with Gasteiger partial charge in [-0.1, -0.05) is 29.8 Å². The van der Waals surface area contributed by atoms with E-state index >= 15 is 0 Å². The quantitative estimate of drug-likeness (QED) is 0.408. The molecular formula is C21H15ClN6S. The standard InChI is InChI=1S/C21H15ClN6S/c1-13-26-19(11-29-13)14-5-7-16(8-6-14)27-20-18-10-25-28(21(18)24-12-23-20)17-4-2-3-15(22)9-17/h2-12H,1H3,(H,23,24,27). The topological polar surface area (TPSA) is 68.5 Å². The molecule has 0 aliphatic heterocycles. The van der Waals surface area contributed by atoms with E-state index in [1.807, 2.05) is 55.5 Å². The van der Waals surface area contributed by atoms with Gasteiger partial charge in [-0.3, -0.25) is 0 Å². The van der Waals surface area contributed by atoms with Gasteiger partial charge in [0.05, 0.1) is 28.0 Å². The van der Waals surface area contributed by atoms with E-state index in [1.165, 1.54) is 6.33 Å². The summed E-state index contributed by atoms with van der Waals surface area (Å²) in [5.41, 5.74) is 4.56. The number of fused-ring (bicyclic) bond motifs is 1. The van der Waals surface area contributed by atoms with E-state index in [0.717, 1.165) is 33.0 Å². The molecule has 1 N–H and O–H groups in total. The van der Waals surface area contributed by atoms with Crippen molar-refractivity contribution in [3.63, 3.8) is 0 Å². The molecule has 0 amide bonds. The Bertz CT molecular complexity index is 1310. The number of aromatic nitrogens is 5. The summed E-state index contributed by atoms with van der Waals surface area (Å²) in [5, 5.41) is 12.4. The molecule has 0 spiro atoms. The maximum absolute atomic E-state index is 6.12. The lowest BCUT2D eigenvalue weighted by Crippen LogP contribution is -1.99. The molecule has 0 radical (unpaired) electrons. The molecule has 5 rings (SSSR count). The Hall–Kier alpha value is -3.29. The van der Waals surface area contributed by atoms with E-state index in [4.69, 9.17) is 11.6 Å². The van der Waals surface area contributed by atoms with Gasteiger partial charge in [-0.05, 0) is 37.3 Å². The Kier molecular flexibility index (Phi) is 4.46. The van der Waals surface area contributed by atoms with Crippen molar-refractivity contribution in [2.24, 2.45) is 0 Å². The Morgan fingerprint density at radius 1 is 1.07 bits per heavy atom. The van der Waals surface area contributed by atoms with Crippen molar-refractivity contribution in [1.82, 2.24) is 24.7 Å². The molecule has 0 saturated carbocycles. The highest BCUT2D eigenvalue weighted by Gasteiger charge is 2.12. The van der Waals surface area contributed by atoms with E-state index in [1.54, 1.807) is 22.2 Å². The monoisotopic (exact) mass is 418 g/mol. The van der Waals surface area contributed by atoms with Crippen LogP contribution in [0.3, 0.4) is 0 Å². The molecule has 0 fully saturated rings. The van der Waals surface area contributed by atoms with Gasteiger partial charge in [0.15, 0.2) is 5.65 Å². The molecule has 29 heavy (non-hydrogen) atoms. The number of aryl methyl sites for hydroxylation is 1. The first-order valence-corrected chi connectivity index (χ1v) is 10.2. The predicted octanol–water partition coefficient (Wildman–Crippen LogP) is 5.64. The van der Waals surface area contributed by atoms with Crippen molar-refractivity contribution in [1.29, 1.82) is 0 Å². The molecule has 0 bridgehead atoms. The number of nitrogens with one attached hydrogen (secondary N) is 1. The average molecular weight is 419 g/mol. The van der Waals surface area contributed by atoms with E-state index in [2.05, 4.69) is 30.7 Å². The van der Waals surface area contributed by atoms with Crippen LogP contribution in [0.5, 0.6) is 0 Å². The number of nitrogens with zero attached hydrogens (tertiary/aromatic N) is 5. The summed E-state index contributed by atoms with van der Waals surface area (Å²) in [6, 6.07) is 15.6. The third kappa shape index (κ3) is 3.46. The molecule has 0 unspecified atom stereocenters. The van der Waals surface area contributed by atoms with Crippen LogP contribution in [0.1, 0.15) is 5.01 Å². The van der Waals surface area contributed by atoms with Crippen molar-refractivity contribution in [2.45, 2.75) is 6.92 Å². The molecule has 142 valence electrons. The van der Waals surface area contributed by atoms with Crippen LogP contribution in [-0.2, 0) is 0 Å². The van der Waals surface area contributed by atoms with Crippen molar-refractivity contribution in [3.8, 4) is 16.9 Å². The highest BCUT2D eigenvalue weighted by Crippen LogP contribution is 2.27. The van der Waals surface area contributed by atoms with Gasteiger partial charge in [0.2, 0.25) is 0 Å². The number of halogens is 1. The molecule has 5 aromatic rings. The van der Waals surface area contributed by atoms with Gasteiger partial charge in [-0.25, -0.2) is 19.6 Å². The second-order valence-electron chi connectivity index (χ2n) is 6.45. The molecule has 0 saturated heterocycles. The summed E-state index contributed by atoms with van der Waals surface area (Å²) in [7, 11) is 0. The summed E-state index contributed by atoms with van der Waals surface area (Å²) < 4.78 is 1.75. The summed E-state index contributed by atoms with van der Waals surface area (Å²) >= 11 is 7.77. The first-order valence-electron chi connectivity index (χ1n) is 8.92. The van der Waals surface area contributed by atoms with Crippen LogP contribution in [0, 0.1) is 6.92 Å². The fourth-order valence-electron chi connectivity index (χ4n) is 3.10. The summed E-state index contributed by atoms with van der Waals surface area (Å²) in [4.78, 5) is 13.3. The second kappa shape index (κ2) is 7.27. The van der Waals surface area contributed by atoms with Gasteiger partial charge in [-0.2, -0.15) is 5.10 Å². The number of rotatable bonds is 4. The lowest BCUT2D eigenvalue weighted by molar-refractivity contribution is 0.895. The van der Waals surface area contributed by atoms with Crippen LogP contribution >= 0.6 is 22.9 Å². The van der Waals surface area contributed by atoms with E-state index in [9.17, 15) is 0 Å². The third-order valence-electron chi connectivity index (χ3n) is 4.48. The maximum Gasteiger partial charge on any atom is 0.168 e. The van der Waals surface area contributed by atoms with Crippen LogP contribution in [0.15, 0.2) is 66.4 Å². The minimum Gasteiger partial charge on any atom is -0.340 e. The molecule has 6 nitrogen and oxygen atoms in total. The smallest absolute Gasteiger partial charge is 0.168 e. The van der Waals surface area contributed by atoms with Crippen molar-refractivity contribution >= 4 is 45.5 Å². The minimum absolute atomic E-state index is 0.647. The van der Waals surface area contributed by atoms with Crippen LogP contribution in [0.4, 0.5) is 11.5 Å². The Morgan fingerprint density at radius 2 is 1.93 bits per heavy atom. The first kappa shape index (κ1) is 17.8.